The van der Waals surface area contributed by atoms with E-state index in [0.717, 1.165) is 12.8 Å². The van der Waals surface area contributed by atoms with Crippen molar-refractivity contribution in [1.29, 1.82) is 5.26 Å². The van der Waals surface area contributed by atoms with Crippen LogP contribution in [0.25, 0.3) is 0 Å². The first-order valence-corrected chi connectivity index (χ1v) is 6.34. The Kier molecular flexibility index (Phi) is 4.86. The molecule has 0 amide bonds. The molecule has 0 aromatic carbocycles. The van der Waals surface area contributed by atoms with Crippen LogP contribution in [0.5, 0.6) is 0 Å². The summed E-state index contributed by atoms with van der Waals surface area (Å²) in [7, 11) is 0. The lowest BCUT2D eigenvalue weighted by Gasteiger charge is -2.25. The summed E-state index contributed by atoms with van der Waals surface area (Å²) >= 11 is 0. The minimum absolute atomic E-state index is 0.277. The molecule has 17 heavy (non-hydrogen) atoms. The van der Waals surface area contributed by atoms with Crippen molar-refractivity contribution in [3.63, 3.8) is 0 Å². The second-order valence-electron chi connectivity index (χ2n) is 5.51. The van der Waals surface area contributed by atoms with Crippen LogP contribution in [0.15, 0.2) is 0 Å². The van der Waals surface area contributed by atoms with E-state index < -0.39 is 11.3 Å². The molecule has 1 aliphatic rings. The Morgan fingerprint density at radius 1 is 1.35 bits per heavy atom. The van der Waals surface area contributed by atoms with Crippen molar-refractivity contribution in [2.24, 2.45) is 17.3 Å². The van der Waals surface area contributed by atoms with Crippen LogP contribution in [0.3, 0.4) is 0 Å². The monoisotopic (exact) mass is 234 g/mol. The summed E-state index contributed by atoms with van der Waals surface area (Å²) < 4.78 is 0. The zero-order valence-corrected chi connectivity index (χ0v) is 10.7. The van der Waals surface area contributed by atoms with Crippen molar-refractivity contribution in [2.75, 3.05) is 0 Å². The summed E-state index contributed by atoms with van der Waals surface area (Å²) in [5.41, 5.74) is -1.14. The molecule has 0 saturated heterocycles. The Morgan fingerprint density at radius 3 is 2.41 bits per heavy atom. The molecule has 1 unspecified atom stereocenters. The number of rotatable bonds is 5. The molecule has 0 aromatic heterocycles. The Labute approximate surface area is 103 Å². The lowest BCUT2D eigenvalue weighted by molar-refractivity contribution is -0.127. The first kappa shape index (κ1) is 13.9. The van der Waals surface area contributed by atoms with Crippen molar-refractivity contribution in [1.82, 2.24) is 0 Å². The van der Waals surface area contributed by atoms with Gasteiger partial charge >= 0.3 is 0 Å². The molecule has 0 N–H and O–H groups in total. The molecule has 0 aliphatic heterocycles. The molecule has 1 radical (unpaired) electrons. The lowest BCUT2D eigenvalue weighted by atomic mass is 9.76. The highest BCUT2D eigenvalue weighted by molar-refractivity contribution is 5.99. The fourth-order valence-electron chi connectivity index (χ4n) is 2.46. The average Bonchev–Trinajstić information content (AvgIpc) is 2.36. The molecule has 93 valence electrons. The Hall–Kier alpha value is -1.17. The molecule has 3 heteroatoms. The van der Waals surface area contributed by atoms with E-state index in [4.69, 9.17) is 5.26 Å². The quantitative estimate of drug-likeness (QED) is 0.687. The number of ketones is 1. The smallest absolute Gasteiger partial charge is 0.212 e. The zero-order valence-electron chi connectivity index (χ0n) is 10.7. The lowest BCUT2D eigenvalue weighted by Crippen LogP contribution is -2.33. The topological polar surface area (TPSA) is 57.9 Å². The van der Waals surface area contributed by atoms with Crippen molar-refractivity contribution >= 4 is 12.1 Å². The molecule has 1 fully saturated rings. The second kappa shape index (κ2) is 5.95. The van der Waals surface area contributed by atoms with E-state index in [9.17, 15) is 9.59 Å². The van der Waals surface area contributed by atoms with E-state index in [0.29, 0.717) is 12.3 Å². The predicted octanol–water partition coefficient (Wildman–Crippen LogP) is 2.80. The first-order valence-electron chi connectivity index (χ1n) is 6.34. The van der Waals surface area contributed by atoms with Crippen molar-refractivity contribution in [3.8, 4) is 6.07 Å². The number of Topliss-reactive ketones (excluding diaryl/α,β-unsaturated/α-hetero) is 1. The Balaban J connectivity index is 2.62. The maximum Gasteiger partial charge on any atom is 0.212 e. The highest BCUT2D eigenvalue weighted by Crippen LogP contribution is 2.31. The number of nitriles is 1. The van der Waals surface area contributed by atoms with Crippen LogP contribution >= 0.6 is 0 Å². The van der Waals surface area contributed by atoms with Crippen LogP contribution in [0, 0.1) is 28.6 Å². The van der Waals surface area contributed by atoms with Gasteiger partial charge in [0.15, 0.2) is 5.78 Å². The molecular weight excluding hydrogens is 214 g/mol. The maximum absolute atomic E-state index is 12.0. The standard InChI is InChI=1S/C14H20NO2/c1-14(2,10-16)13(17)12(9-15)8-11-6-4-3-5-7-11/h11-12H,3-8H2,1-2H3. The van der Waals surface area contributed by atoms with E-state index in [-0.39, 0.29) is 5.78 Å². The molecule has 1 atom stereocenters. The van der Waals surface area contributed by atoms with Crippen LogP contribution in [-0.4, -0.2) is 12.1 Å². The van der Waals surface area contributed by atoms with Gasteiger partial charge in [-0.3, -0.25) is 9.59 Å². The highest BCUT2D eigenvalue weighted by atomic mass is 16.1. The van der Waals surface area contributed by atoms with Crippen LogP contribution in [0.4, 0.5) is 0 Å². The molecule has 0 bridgehead atoms. The van der Waals surface area contributed by atoms with E-state index in [2.05, 4.69) is 6.07 Å². The minimum atomic E-state index is -1.14. The third-order valence-corrected chi connectivity index (χ3v) is 3.64. The van der Waals surface area contributed by atoms with Crippen molar-refractivity contribution in [2.45, 2.75) is 52.4 Å². The fourth-order valence-corrected chi connectivity index (χ4v) is 2.46. The summed E-state index contributed by atoms with van der Waals surface area (Å²) in [5, 5.41) is 9.09. The SMILES string of the molecule is CC(C)([C]=O)C(=O)C(C#N)CC1CCCCC1. The summed E-state index contributed by atoms with van der Waals surface area (Å²) in [6.07, 6.45) is 8.22. The summed E-state index contributed by atoms with van der Waals surface area (Å²) in [4.78, 5) is 22.7. The predicted molar refractivity (Wildman–Crippen MR) is 64.8 cm³/mol. The van der Waals surface area contributed by atoms with Gasteiger partial charge in [-0.05, 0) is 26.2 Å². The van der Waals surface area contributed by atoms with Crippen molar-refractivity contribution < 1.29 is 9.59 Å². The van der Waals surface area contributed by atoms with Crippen LogP contribution in [-0.2, 0) is 9.59 Å². The normalized spacial score (nSPS) is 19.4. The Bertz CT molecular complexity index is 322. The van der Waals surface area contributed by atoms with Crippen molar-refractivity contribution in [3.05, 3.63) is 0 Å². The van der Waals surface area contributed by atoms with Crippen LogP contribution < -0.4 is 0 Å². The van der Waals surface area contributed by atoms with E-state index in [1.807, 2.05) is 0 Å². The van der Waals surface area contributed by atoms with Gasteiger partial charge in [0.25, 0.3) is 0 Å². The third kappa shape index (κ3) is 3.66. The van der Waals surface area contributed by atoms with Crippen LogP contribution in [0.1, 0.15) is 52.4 Å². The molecule has 1 aliphatic carbocycles. The molecule has 3 nitrogen and oxygen atoms in total. The number of hydrogen-bond acceptors (Lipinski definition) is 3. The number of nitrogens with zero attached hydrogens (tertiary/aromatic N) is 1. The van der Waals surface area contributed by atoms with Gasteiger partial charge in [0, 0.05) is 0 Å². The minimum Gasteiger partial charge on any atom is -0.297 e. The molecule has 0 heterocycles. The molecule has 0 spiro atoms. The van der Waals surface area contributed by atoms with Gasteiger partial charge in [0.1, 0.15) is 5.92 Å². The summed E-state index contributed by atoms with van der Waals surface area (Å²) in [6.45, 7) is 3.07. The molecule has 1 saturated carbocycles. The van der Waals surface area contributed by atoms with Gasteiger partial charge in [0.2, 0.25) is 6.29 Å². The Morgan fingerprint density at radius 2 is 1.94 bits per heavy atom. The van der Waals surface area contributed by atoms with Gasteiger partial charge in [-0.1, -0.05) is 32.1 Å². The molecule has 1 rings (SSSR count). The molecule has 0 aromatic rings. The summed E-state index contributed by atoms with van der Waals surface area (Å²) in [6, 6.07) is 2.06. The largest absolute Gasteiger partial charge is 0.297 e. The zero-order chi connectivity index (χ0) is 12.9. The van der Waals surface area contributed by atoms with Gasteiger partial charge in [-0.15, -0.1) is 0 Å². The van der Waals surface area contributed by atoms with E-state index in [1.54, 1.807) is 6.29 Å². The average molecular weight is 234 g/mol. The first-order chi connectivity index (χ1) is 8.01. The number of carbonyl (C=O) groups excluding carboxylic acids is 2. The highest BCUT2D eigenvalue weighted by Gasteiger charge is 2.35. The maximum atomic E-state index is 12.0. The third-order valence-electron chi connectivity index (χ3n) is 3.64. The number of carbonyl (C=O) groups is 1. The number of hydrogen-bond donors (Lipinski definition) is 0. The fraction of sp³-hybridized carbons (Fsp3) is 0.786. The second-order valence-corrected chi connectivity index (χ2v) is 5.51. The van der Waals surface area contributed by atoms with Crippen LogP contribution in [0.2, 0.25) is 0 Å². The van der Waals surface area contributed by atoms with Gasteiger partial charge in [-0.2, -0.15) is 5.26 Å². The van der Waals surface area contributed by atoms with Gasteiger partial charge < -0.3 is 0 Å². The van der Waals surface area contributed by atoms with Gasteiger partial charge in [0.05, 0.1) is 11.5 Å². The summed E-state index contributed by atoms with van der Waals surface area (Å²) in [5.74, 6) is -0.449. The van der Waals surface area contributed by atoms with Gasteiger partial charge in [-0.25, -0.2) is 0 Å². The molecular formula is C14H20NO2. The van der Waals surface area contributed by atoms with E-state index in [1.165, 1.54) is 33.1 Å². The van der Waals surface area contributed by atoms with E-state index >= 15 is 0 Å².